The molecular formula is C21H22N4O3. The molecule has 1 amide bonds. The lowest BCUT2D eigenvalue weighted by Crippen LogP contribution is -2.57. The van der Waals surface area contributed by atoms with Crippen molar-refractivity contribution in [2.45, 2.75) is 26.5 Å². The summed E-state index contributed by atoms with van der Waals surface area (Å²) in [6.45, 7) is 4.77. The van der Waals surface area contributed by atoms with Crippen molar-refractivity contribution in [1.82, 2.24) is 19.2 Å². The number of para-hydroxylation sites is 1. The van der Waals surface area contributed by atoms with Gasteiger partial charge in [0.2, 0.25) is 5.91 Å². The maximum atomic E-state index is 12.7. The molecule has 0 unspecified atom stereocenters. The predicted molar refractivity (Wildman–Crippen MR) is 105 cm³/mol. The van der Waals surface area contributed by atoms with Gasteiger partial charge < -0.3 is 9.64 Å². The average molecular weight is 378 g/mol. The molecule has 0 atom stereocenters. The van der Waals surface area contributed by atoms with Gasteiger partial charge in [0.05, 0.1) is 18.8 Å². The van der Waals surface area contributed by atoms with Gasteiger partial charge in [0.25, 0.3) is 0 Å². The van der Waals surface area contributed by atoms with Crippen molar-refractivity contribution in [3.05, 3.63) is 76.5 Å². The molecule has 1 saturated heterocycles. The molecule has 0 radical (unpaired) electrons. The van der Waals surface area contributed by atoms with Gasteiger partial charge in [-0.25, -0.2) is 4.79 Å². The number of benzene rings is 2. The lowest BCUT2D eigenvalue weighted by Gasteiger charge is -2.39. The number of ether oxygens (including phenoxy) is 1. The summed E-state index contributed by atoms with van der Waals surface area (Å²) in [5.74, 6) is 1.21. The third kappa shape index (κ3) is 3.55. The zero-order valence-electron chi connectivity index (χ0n) is 15.9. The molecule has 4 rings (SSSR count). The van der Waals surface area contributed by atoms with Crippen LogP contribution in [0, 0.1) is 13.8 Å². The van der Waals surface area contributed by atoms with Crippen LogP contribution in [0.15, 0.2) is 59.4 Å². The first kappa shape index (κ1) is 18.0. The molecule has 3 aromatic rings. The predicted octanol–water partition coefficient (Wildman–Crippen LogP) is 1.94. The molecule has 0 aliphatic carbocycles. The Balaban J connectivity index is 1.39. The number of carbonyl (C=O) groups is 1. The van der Waals surface area contributed by atoms with Crippen molar-refractivity contribution >= 4 is 5.91 Å². The second-order valence-electron chi connectivity index (χ2n) is 7.02. The number of aryl methyl sites for hydroxylation is 2. The summed E-state index contributed by atoms with van der Waals surface area (Å²) in [6, 6.07) is 17.0. The van der Waals surface area contributed by atoms with E-state index in [9.17, 15) is 9.59 Å². The highest BCUT2D eigenvalue weighted by atomic mass is 16.5. The Morgan fingerprint density at radius 1 is 1.11 bits per heavy atom. The van der Waals surface area contributed by atoms with E-state index in [2.05, 4.69) is 5.10 Å². The van der Waals surface area contributed by atoms with Crippen LogP contribution in [0.1, 0.15) is 11.4 Å². The van der Waals surface area contributed by atoms with E-state index in [0.29, 0.717) is 24.6 Å². The molecule has 1 aliphatic heterocycles. The molecule has 1 fully saturated rings. The number of aromatic nitrogens is 3. The van der Waals surface area contributed by atoms with Gasteiger partial charge in [0.15, 0.2) is 0 Å². The van der Waals surface area contributed by atoms with Gasteiger partial charge in [0.1, 0.15) is 24.2 Å². The molecular weight excluding hydrogens is 356 g/mol. The van der Waals surface area contributed by atoms with Crippen LogP contribution in [0.3, 0.4) is 0 Å². The maximum absolute atomic E-state index is 12.7. The van der Waals surface area contributed by atoms with Gasteiger partial charge >= 0.3 is 5.69 Å². The first-order valence-electron chi connectivity index (χ1n) is 9.24. The molecule has 0 bridgehead atoms. The second-order valence-corrected chi connectivity index (χ2v) is 7.02. The zero-order valence-corrected chi connectivity index (χ0v) is 15.9. The van der Waals surface area contributed by atoms with Crippen molar-refractivity contribution in [1.29, 1.82) is 0 Å². The Kier molecular flexibility index (Phi) is 4.73. The number of hydrogen-bond acceptors (Lipinski definition) is 4. The topological polar surface area (TPSA) is 69.4 Å². The van der Waals surface area contributed by atoms with E-state index in [4.69, 9.17) is 4.74 Å². The molecule has 144 valence electrons. The number of carbonyl (C=O) groups excluding carboxylic acids is 1. The summed E-state index contributed by atoms with van der Waals surface area (Å²) in [7, 11) is 0. The van der Waals surface area contributed by atoms with E-state index >= 15 is 0 Å². The highest BCUT2D eigenvalue weighted by molar-refractivity contribution is 5.77. The van der Waals surface area contributed by atoms with Crippen molar-refractivity contribution in [3.63, 3.8) is 0 Å². The molecule has 0 N–H and O–H groups in total. The van der Waals surface area contributed by atoms with Crippen molar-refractivity contribution in [2.24, 2.45) is 0 Å². The van der Waals surface area contributed by atoms with Crippen molar-refractivity contribution in [2.75, 3.05) is 13.1 Å². The van der Waals surface area contributed by atoms with Gasteiger partial charge in [-0.1, -0.05) is 30.3 Å². The average Bonchev–Trinajstić information content (AvgIpc) is 2.93. The van der Waals surface area contributed by atoms with E-state index in [1.54, 1.807) is 11.8 Å². The van der Waals surface area contributed by atoms with Crippen LogP contribution in [-0.2, 0) is 11.3 Å². The van der Waals surface area contributed by atoms with E-state index < -0.39 is 0 Å². The van der Waals surface area contributed by atoms with Crippen LogP contribution in [0.2, 0.25) is 0 Å². The molecule has 0 saturated carbocycles. The van der Waals surface area contributed by atoms with Gasteiger partial charge in [-0.2, -0.15) is 9.78 Å². The minimum atomic E-state index is -0.315. The fourth-order valence-corrected chi connectivity index (χ4v) is 3.25. The van der Waals surface area contributed by atoms with Crippen LogP contribution in [0.5, 0.6) is 5.75 Å². The Labute approximate surface area is 162 Å². The van der Waals surface area contributed by atoms with Crippen LogP contribution in [0.25, 0.3) is 5.69 Å². The summed E-state index contributed by atoms with van der Waals surface area (Å²) >= 11 is 0. The molecule has 2 heterocycles. The first-order chi connectivity index (χ1) is 13.5. The fraction of sp³-hybridized carbons (Fsp3) is 0.286. The third-order valence-corrected chi connectivity index (χ3v) is 4.83. The molecule has 28 heavy (non-hydrogen) atoms. The summed E-state index contributed by atoms with van der Waals surface area (Å²) < 4.78 is 8.62. The Morgan fingerprint density at radius 3 is 2.57 bits per heavy atom. The number of rotatable bonds is 5. The van der Waals surface area contributed by atoms with Gasteiger partial charge in [-0.05, 0) is 43.7 Å². The van der Waals surface area contributed by atoms with Crippen molar-refractivity contribution < 1.29 is 9.53 Å². The van der Waals surface area contributed by atoms with Crippen LogP contribution in [0.4, 0.5) is 0 Å². The summed E-state index contributed by atoms with van der Waals surface area (Å²) in [6.07, 6.45) is -0.0180. The highest BCUT2D eigenvalue weighted by Crippen LogP contribution is 2.19. The smallest absolute Gasteiger partial charge is 0.351 e. The van der Waals surface area contributed by atoms with E-state index in [-0.39, 0.29) is 24.2 Å². The van der Waals surface area contributed by atoms with Crippen molar-refractivity contribution in [3.8, 4) is 11.4 Å². The molecule has 7 heteroatoms. The van der Waals surface area contributed by atoms with E-state index in [1.807, 2.05) is 61.5 Å². The second kappa shape index (κ2) is 7.34. The van der Waals surface area contributed by atoms with Gasteiger partial charge in [-0.3, -0.25) is 9.36 Å². The van der Waals surface area contributed by atoms with Gasteiger partial charge in [-0.15, -0.1) is 0 Å². The molecule has 1 aromatic heterocycles. The minimum absolute atomic E-state index is 0.0180. The zero-order chi connectivity index (χ0) is 19.7. The van der Waals surface area contributed by atoms with Crippen LogP contribution >= 0.6 is 0 Å². The van der Waals surface area contributed by atoms with Crippen LogP contribution in [-0.4, -0.2) is 44.3 Å². The highest BCUT2D eigenvalue weighted by Gasteiger charge is 2.32. The fourth-order valence-electron chi connectivity index (χ4n) is 3.25. The summed E-state index contributed by atoms with van der Waals surface area (Å²) in [4.78, 5) is 26.9. The number of hydrogen-bond donors (Lipinski definition) is 0. The molecule has 2 aromatic carbocycles. The minimum Gasteiger partial charge on any atom is -0.487 e. The van der Waals surface area contributed by atoms with E-state index in [1.165, 1.54) is 9.25 Å². The first-order valence-corrected chi connectivity index (χ1v) is 9.24. The van der Waals surface area contributed by atoms with Gasteiger partial charge in [0, 0.05) is 0 Å². The monoisotopic (exact) mass is 378 g/mol. The number of likely N-dealkylation sites (tertiary alicyclic amines) is 1. The lowest BCUT2D eigenvalue weighted by atomic mass is 10.1. The van der Waals surface area contributed by atoms with E-state index in [0.717, 1.165) is 11.3 Å². The Morgan fingerprint density at radius 2 is 1.86 bits per heavy atom. The summed E-state index contributed by atoms with van der Waals surface area (Å²) in [5.41, 5.74) is 1.50. The number of amides is 1. The van der Waals surface area contributed by atoms with Crippen LogP contribution < -0.4 is 10.4 Å². The normalized spacial score (nSPS) is 14.0. The summed E-state index contributed by atoms with van der Waals surface area (Å²) in [5, 5.41) is 4.29. The largest absolute Gasteiger partial charge is 0.487 e. The third-order valence-electron chi connectivity index (χ3n) is 4.83. The molecule has 7 nitrogen and oxygen atoms in total. The standard InChI is InChI=1S/C21H22N4O3/c1-15-7-6-10-18(11-15)28-19-12-23(13-19)20(26)14-24-16(2)22-25(21(24)27)17-8-4-3-5-9-17/h3-11,19H,12-14H2,1-2H3. The Bertz CT molecular complexity index is 1050. The lowest BCUT2D eigenvalue weighted by molar-refractivity contribution is -0.140. The number of nitrogens with zero attached hydrogens (tertiary/aromatic N) is 4. The molecule has 1 aliphatic rings. The quantitative estimate of drug-likeness (QED) is 0.680. The SMILES string of the molecule is Cc1cccc(OC2CN(C(=O)Cn3c(C)nn(-c4ccccc4)c3=O)C2)c1. The maximum Gasteiger partial charge on any atom is 0.351 e. The molecule has 0 spiro atoms. The Hall–Kier alpha value is -3.35.